The number of nitro groups is 1. The van der Waals surface area contributed by atoms with E-state index >= 15 is 0 Å². The van der Waals surface area contributed by atoms with Gasteiger partial charge in [0.15, 0.2) is 5.65 Å². The van der Waals surface area contributed by atoms with Crippen LogP contribution in [0.15, 0.2) is 59.5 Å². The van der Waals surface area contributed by atoms with Gasteiger partial charge >= 0.3 is 0 Å². The lowest BCUT2D eigenvalue weighted by atomic mass is 10.1. The van der Waals surface area contributed by atoms with Crippen LogP contribution in [-0.2, 0) is 0 Å². The zero-order chi connectivity index (χ0) is 23.0. The fraction of sp³-hybridized carbons (Fsp3) is 0.0909. The first-order valence-electron chi connectivity index (χ1n) is 9.47. The molecule has 0 saturated heterocycles. The zero-order valence-corrected chi connectivity index (χ0v) is 17.0. The Hall–Kier alpha value is -4.47. The fourth-order valence-electron chi connectivity index (χ4n) is 3.37. The number of carbonyl (C=O) groups is 1. The molecule has 2 aromatic carbocycles. The van der Waals surface area contributed by atoms with E-state index in [0.717, 1.165) is 6.07 Å². The molecule has 0 atom stereocenters. The van der Waals surface area contributed by atoms with E-state index in [-0.39, 0.29) is 22.5 Å². The first-order chi connectivity index (χ1) is 15.3. The highest BCUT2D eigenvalue weighted by atomic mass is 19.1. The van der Waals surface area contributed by atoms with Gasteiger partial charge < -0.3 is 5.32 Å². The molecule has 9 nitrogen and oxygen atoms in total. The number of amides is 1. The van der Waals surface area contributed by atoms with Crippen molar-refractivity contribution in [2.75, 3.05) is 5.32 Å². The number of nitrogens with one attached hydrogen (secondary N) is 1. The van der Waals surface area contributed by atoms with E-state index in [2.05, 4.69) is 15.3 Å². The van der Waals surface area contributed by atoms with E-state index in [9.17, 15) is 24.1 Å². The third-order valence-corrected chi connectivity index (χ3v) is 4.92. The number of benzene rings is 2. The number of aromatic nitrogens is 3. The minimum atomic E-state index is -0.707. The molecule has 0 aliphatic rings. The van der Waals surface area contributed by atoms with Gasteiger partial charge in [0.1, 0.15) is 11.6 Å². The number of nitrogens with zero attached hydrogens (tertiary/aromatic N) is 4. The molecule has 2 aromatic heterocycles. The van der Waals surface area contributed by atoms with Gasteiger partial charge in [0.2, 0.25) is 0 Å². The van der Waals surface area contributed by atoms with E-state index in [0.29, 0.717) is 28.1 Å². The van der Waals surface area contributed by atoms with Crippen LogP contribution >= 0.6 is 0 Å². The van der Waals surface area contributed by atoms with Crippen LogP contribution in [0, 0.1) is 29.8 Å². The number of halogens is 1. The van der Waals surface area contributed by atoms with Crippen molar-refractivity contribution < 1.29 is 14.1 Å². The predicted molar refractivity (Wildman–Crippen MR) is 116 cm³/mol. The fourth-order valence-corrected chi connectivity index (χ4v) is 3.37. The maximum Gasteiger partial charge on any atom is 0.272 e. The van der Waals surface area contributed by atoms with Gasteiger partial charge in [0.05, 0.1) is 21.7 Å². The van der Waals surface area contributed by atoms with Gasteiger partial charge in [-0.05, 0) is 56.3 Å². The molecule has 160 valence electrons. The largest absolute Gasteiger partial charge is 0.319 e. The smallest absolute Gasteiger partial charge is 0.272 e. The Morgan fingerprint density at radius 1 is 1.16 bits per heavy atom. The monoisotopic (exact) mass is 433 g/mol. The van der Waals surface area contributed by atoms with Crippen molar-refractivity contribution in [2.24, 2.45) is 0 Å². The van der Waals surface area contributed by atoms with Gasteiger partial charge in [0.25, 0.3) is 17.2 Å². The summed E-state index contributed by atoms with van der Waals surface area (Å²) in [4.78, 5) is 44.4. The molecule has 0 fully saturated rings. The van der Waals surface area contributed by atoms with Crippen molar-refractivity contribution >= 4 is 28.3 Å². The van der Waals surface area contributed by atoms with Crippen molar-refractivity contribution in [1.82, 2.24) is 14.5 Å². The van der Waals surface area contributed by atoms with Gasteiger partial charge in [-0.1, -0.05) is 0 Å². The molecule has 0 unspecified atom stereocenters. The second kappa shape index (κ2) is 7.99. The van der Waals surface area contributed by atoms with Gasteiger partial charge in [-0.25, -0.2) is 14.4 Å². The summed E-state index contributed by atoms with van der Waals surface area (Å²) in [5.41, 5.74) is 0.386. The summed E-state index contributed by atoms with van der Waals surface area (Å²) in [5, 5.41) is 13.7. The Morgan fingerprint density at radius 3 is 2.66 bits per heavy atom. The van der Waals surface area contributed by atoms with Crippen LogP contribution in [0.2, 0.25) is 0 Å². The molecular weight excluding hydrogens is 417 g/mol. The van der Waals surface area contributed by atoms with Crippen LogP contribution in [0.5, 0.6) is 0 Å². The quantitative estimate of drug-likeness (QED) is 0.387. The normalized spacial score (nSPS) is 10.8. The number of pyridine rings is 1. The SMILES string of the molecule is Cc1cc(C(=O)Nc2cc(-n3c(C)nc4ncccc4c3=O)ccc2F)ccc1[N+](=O)[O-]. The lowest BCUT2D eigenvalue weighted by molar-refractivity contribution is -0.385. The number of aryl methyl sites for hydroxylation is 2. The zero-order valence-electron chi connectivity index (χ0n) is 17.0. The highest BCUT2D eigenvalue weighted by Crippen LogP contribution is 2.23. The summed E-state index contributed by atoms with van der Waals surface area (Å²) in [6.45, 7) is 3.13. The van der Waals surface area contributed by atoms with Crippen molar-refractivity contribution in [2.45, 2.75) is 13.8 Å². The van der Waals surface area contributed by atoms with E-state index in [1.807, 2.05) is 0 Å². The first kappa shape index (κ1) is 20.8. The summed E-state index contributed by atoms with van der Waals surface area (Å²) in [6, 6.07) is 10.9. The average molecular weight is 433 g/mol. The van der Waals surface area contributed by atoms with Crippen LogP contribution in [-0.4, -0.2) is 25.4 Å². The molecule has 1 N–H and O–H groups in total. The topological polar surface area (TPSA) is 120 Å². The summed E-state index contributed by atoms with van der Waals surface area (Å²) >= 11 is 0. The minimum absolute atomic E-state index is 0.122. The number of carbonyl (C=O) groups excluding carboxylic acids is 1. The molecule has 0 aliphatic carbocycles. The second-order valence-corrected chi connectivity index (χ2v) is 7.05. The molecule has 2 heterocycles. The molecule has 0 saturated carbocycles. The van der Waals surface area contributed by atoms with E-state index in [1.54, 1.807) is 19.1 Å². The van der Waals surface area contributed by atoms with E-state index < -0.39 is 16.6 Å². The number of hydrogen-bond acceptors (Lipinski definition) is 6. The van der Waals surface area contributed by atoms with Gasteiger partial charge in [0, 0.05) is 23.4 Å². The predicted octanol–water partition coefficient (Wildman–Crippen LogP) is 3.70. The first-order valence-corrected chi connectivity index (χ1v) is 9.47. The molecule has 10 heteroatoms. The average Bonchev–Trinajstić information content (AvgIpc) is 2.75. The highest BCUT2D eigenvalue weighted by molar-refractivity contribution is 6.04. The number of fused-ring (bicyclic) bond motifs is 1. The third kappa shape index (κ3) is 3.69. The van der Waals surface area contributed by atoms with Gasteiger partial charge in [-0.2, -0.15) is 0 Å². The third-order valence-electron chi connectivity index (χ3n) is 4.92. The maximum atomic E-state index is 14.4. The molecule has 0 aliphatic heterocycles. The summed E-state index contributed by atoms with van der Waals surface area (Å²) in [6.07, 6.45) is 1.53. The molecule has 0 bridgehead atoms. The van der Waals surface area contributed by atoms with Crippen molar-refractivity contribution in [3.63, 3.8) is 0 Å². The summed E-state index contributed by atoms with van der Waals surface area (Å²) in [7, 11) is 0. The van der Waals surface area contributed by atoms with Crippen molar-refractivity contribution in [3.05, 3.63) is 98.0 Å². The lowest BCUT2D eigenvalue weighted by Crippen LogP contribution is -2.23. The minimum Gasteiger partial charge on any atom is -0.319 e. The van der Waals surface area contributed by atoms with Crippen LogP contribution < -0.4 is 10.9 Å². The Balaban J connectivity index is 1.72. The maximum absolute atomic E-state index is 14.4. The highest BCUT2D eigenvalue weighted by Gasteiger charge is 2.17. The van der Waals surface area contributed by atoms with Crippen molar-refractivity contribution in [3.8, 4) is 5.69 Å². The summed E-state index contributed by atoms with van der Waals surface area (Å²) < 4.78 is 15.7. The number of anilines is 1. The molecule has 0 spiro atoms. The molecule has 32 heavy (non-hydrogen) atoms. The Kier molecular flexibility index (Phi) is 5.19. The molecular formula is C22H16FN5O4. The molecule has 1 amide bonds. The van der Waals surface area contributed by atoms with Crippen LogP contribution in [0.3, 0.4) is 0 Å². The van der Waals surface area contributed by atoms with Crippen molar-refractivity contribution in [1.29, 1.82) is 0 Å². The summed E-state index contributed by atoms with van der Waals surface area (Å²) in [5.74, 6) is -1.01. The Morgan fingerprint density at radius 2 is 1.94 bits per heavy atom. The lowest BCUT2D eigenvalue weighted by Gasteiger charge is -2.13. The van der Waals surface area contributed by atoms with Crippen LogP contribution in [0.1, 0.15) is 21.7 Å². The van der Waals surface area contributed by atoms with Crippen LogP contribution in [0.25, 0.3) is 16.7 Å². The number of nitro benzene ring substituents is 1. The molecule has 4 aromatic rings. The Bertz CT molecular complexity index is 1460. The van der Waals surface area contributed by atoms with Crippen LogP contribution in [0.4, 0.5) is 15.8 Å². The Labute approximate surface area is 180 Å². The van der Waals surface area contributed by atoms with Gasteiger partial charge in [-0.3, -0.25) is 24.3 Å². The van der Waals surface area contributed by atoms with E-state index in [1.165, 1.54) is 48.0 Å². The molecule has 4 rings (SSSR count). The van der Waals surface area contributed by atoms with E-state index in [4.69, 9.17) is 0 Å². The number of rotatable bonds is 4. The standard InChI is InChI=1S/C22H16FN5O4/c1-12-10-14(5-8-19(12)28(31)32)21(29)26-18-11-15(6-7-17(18)23)27-13(2)25-20-16(22(27)30)4-3-9-24-20/h3-11H,1-2H3,(H,26,29). The number of hydrogen-bond donors (Lipinski definition) is 1. The second-order valence-electron chi connectivity index (χ2n) is 7.05. The van der Waals surface area contributed by atoms with Gasteiger partial charge in [-0.15, -0.1) is 0 Å². The molecule has 0 radical (unpaired) electrons.